The highest BCUT2D eigenvalue weighted by Crippen LogP contribution is 2.20. The van der Waals surface area contributed by atoms with Crippen LogP contribution in [0.25, 0.3) is 5.65 Å². The normalized spacial score (nSPS) is 11.9. The van der Waals surface area contributed by atoms with Crippen LogP contribution >= 0.6 is 0 Å². The molecule has 0 saturated carbocycles. The summed E-state index contributed by atoms with van der Waals surface area (Å²) in [4.78, 5) is 16.6. The first-order valence-electron chi connectivity index (χ1n) is 6.85. The predicted octanol–water partition coefficient (Wildman–Crippen LogP) is 2.34. The number of carbonyl (C=O) groups is 1. The van der Waals surface area contributed by atoms with Gasteiger partial charge in [0.15, 0.2) is 5.65 Å². The van der Waals surface area contributed by atoms with Crippen molar-refractivity contribution < 1.29 is 9.53 Å². The molecule has 2 rings (SSSR count). The van der Waals surface area contributed by atoms with Crippen LogP contribution in [-0.4, -0.2) is 44.9 Å². The number of anilines is 1. The van der Waals surface area contributed by atoms with Crippen LogP contribution in [0.5, 0.6) is 0 Å². The van der Waals surface area contributed by atoms with E-state index < -0.39 is 11.7 Å². The molecule has 7 nitrogen and oxygen atoms in total. The van der Waals surface area contributed by atoms with E-state index in [1.165, 1.54) is 11.3 Å². The number of nitrogens with zero attached hydrogens (tertiary/aromatic N) is 5. The number of aromatic nitrogens is 3. The van der Waals surface area contributed by atoms with Crippen molar-refractivity contribution in [3.05, 3.63) is 24.7 Å². The minimum Gasteiger partial charge on any atom is -0.442 e. The predicted molar refractivity (Wildman–Crippen MR) is 80.0 cm³/mol. The molecule has 1 amide bonds. The van der Waals surface area contributed by atoms with Gasteiger partial charge in [0.1, 0.15) is 11.9 Å². The molecule has 0 N–H and O–H groups in total. The molecule has 0 bridgehead atoms. The average Bonchev–Trinajstić information content (AvgIpc) is 2.84. The highest BCUT2D eigenvalue weighted by Gasteiger charge is 2.26. The summed E-state index contributed by atoms with van der Waals surface area (Å²) in [5.74, 6) is 0. The van der Waals surface area contributed by atoms with Crippen LogP contribution < -0.4 is 5.01 Å². The molecule has 2 heterocycles. The van der Waals surface area contributed by atoms with Crippen LogP contribution in [0.4, 0.5) is 10.5 Å². The Balaban J connectivity index is 2.37. The second-order valence-electron chi connectivity index (χ2n) is 5.71. The van der Waals surface area contributed by atoms with Gasteiger partial charge in [0.2, 0.25) is 0 Å². The summed E-state index contributed by atoms with van der Waals surface area (Å²) in [6.07, 6.45) is 2.81. The minimum atomic E-state index is -0.553. The van der Waals surface area contributed by atoms with Gasteiger partial charge in [-0.3, -0.25) is 0 Å². The van der Waals surface area contributed by atoms with E-state index in [9.17, 15) is 4.79 Å². The monoisotopic (exact) mass is 291 g/mol. The van der Waals surface area contributed by atoms with Gasteiger partial charge in [0, 0.05) is 25.9 Å². The zero-order chi connectivity index (χ0) is 15.6. The van der Waals surface area contributed by atoms with Crippen LogP contribution in [0.2, 0.25) is 0 Å². The first-order chi connectivity index (χ1) is 9.81. The van der Waals surface area contributed by atoms with Gasteiger partial charge in [-0.05, 0) is 26.8 Å². The molecule has 0 aliphatic carbocycles. The average molecular weight is 291 g/mol. The molecule has 0 fully saturated rings. The Morgan fingerprint density at radius 3 is 2.76 bits per heavy atom. The number of hydrogen-bond donors (Lipinski definition) is 0. The smallest absolute Gasteiger partial charge is 0.429 e. The van der Waals surface area contributed by atoms with Crippen LogP contribution in [0.15, 0.2) is 24.7 Å². The molecular weight excluding hydrogens is 270 g/mol. The first-order valence-corrected chi connectivity index (χ1v) is 6.85. The molecule has 0 spiro atoms. The number of ether oxygens (including phenoxy) is 1. The van der Waals surface area contributed by atoms with Gasteiger partial charge in [0.05, 0.1) is 5.69 Å². The Labute approximate surface area is 124 Å². The first kappa shape index (κ1) is 15.2. The highest BCUT2D eigenvalue weighted by molar-refractivity contribution is 5.87. The van der Waals surface area contributed by atoms with Crippen LogP contribution in [0, 0.1) is 0 Å². The summed E-state index contributed by atoms with van der Waals surface area (Å²) in [6.45, 7) is 8.16. The third-order valence-electron chi connectivity index (χ3n) is 2.87. The number of hydrogen-bond acceptors (Lipinski definition) is 5. The maximum absolute atomic E-state index is 12.5. The molecule has 0 aliphatic heterocycles. The summed E-state index contributed by atoms with van der Waals surface area (Å²) in [7, 11) is 1.83. The van der Waals surface area contributed by atoms with Gasteiger partial charge in [-0.2, -0.15) is 5.10 Å². The van der Waals surface area contributed by atoms with Crippen molar-refractivity contribution in [3.63, 3.8) is 0 Å². The quantitative estimate of drug-likeness (QED) is 0.812. The van der Waals surface area contributed by atoms with Crippen molar-refractivity contribution in [2.75, 3.05) is 18.6 Å². The Morgan fingerprint density at radius 2 is 2.14 bits per heavy atom. The number of fused-ring (bicyclic) bond motifs is 1. The second kappa shape index (κ2) is 5.69. The summed E-state index contributed by atoms with van der Waals surface area (Å²) in [6, 6.07) is 3.60. The van der Waals surface area contributed by atoms with Gasteiger partial charge in [-0.25, -0.2) is 24.3 Å². The molecule has 21 heavy (non-hydrogen) atoms. The third-order valence-corrected chi connectivity index (χ3v) is 2.87. The van der Waals surface area contributed by atoms with Crippen molar-refractivity contribution in [2.24, 2.45) is 0 Å². The Morgan fingerprint density at radius 1 is 1.43 bits per heavy atom. The van der Waals surface area contributed by atoms with Crippen molar-refractivity contribution in [1.29, 1.82) is 0 Å². The van der Waals surface area contributed by atoms with Crippen LogP contribution in [0.3, 0.4) is 0 Å². The molecule has 0 atom stereocenters. The van der Waals surface area contributed by atoms with Crippen molar-refractivity contribution in [2.45, 2.75) is 33.3 Å². The lowest BCUT2D eigenvalue weighted by Gasteiger charge is -2.32. The zero-order valence-electron chi connectivity index (χ0n) is 13.1. The molecule has 0 aliphatic rings. The number of rotatable bonds is 3. The maximum Gasteiger partial charge on any atom is 0.429 e. The lowest BCUT2D eigenvalue weighted by Crippen LogP contribution is -2.46. The fourth-order valence-electron chi connectivity index (χ4n) is 1.82. The second-order valence-corrected chi connectivity index (χ2v) is 5.71. The number of hydrazine groups is 1. The van der Waals surface area contributed by atoms with E-state index in [-0.39, 0.29) is 0 Å². The maximum atomic E-state index is 12.5. The highest BCUT2D eigenvalue weighted by atomic mass is 16.6. The fourth-order valence-corrected chi connectivity index (χ4v) is 1.82. The number of carbonyl (C=O) groups excluding carboxylic acids is 1. The van der Waals surface area contributed by atoms with Crippen molar-refractivity contribution in [1.82, 2.24) is 19.6 Å². The summed E-state index contributed by atoms with van der Waals surface area (Å²) in [5, 5.41) is 7.33. The third kappa shape index (κ3) is 3.49. The molecule has 0 radical (unpaired) electrons. The minimum absolute atomic E-state index is 0.421. The topological polar surface area (TPSA) is 63.0 Å². The molecule has 7 heteroatoms. The fraction of sp³-hybridized carbons (Fsp3) is 0.500. The van der Waals surface area contributed by atoms with Crippen LogP contribution in [0.1, 0.15) is 27.7 Å². The van der Waals surface area contributed by atoms with E-state index in [2.05, 4.69) is 10.1 Å². The molecule has 0 saturated heterocycles. The van der Waals surface area contributed by atoms with Gasteiger partial charge < -0.3 is 4.74 Å². The van der Waals surface area contributed by atoms with E-state index in [1.807, 2.05) is 34.7 Å². The van der Waals surface area contributed by atoms with Gasteiger partial charge in [0.25, 0.3) is 0 Å². The number of amides is 1. The van der Waals surface area contributed by atoms with E-state index in [4.69, 9.17) is 4.74 Å². The largest absolute Gasteiger partial charge is 0.442 e. The zero-order valence-corrected chi connectivity index (χ0v) is 13.1. The molecular formula is C14H21N5O2. The lowest BCUT2D eigenvalue weighted by atomic mass is 10.2. The van der Waals surface area contributed by atoms with E-state index in [0.717, 1.165) is 0 Å². The summed E-state index contributed by atoms with van der Waals surface area (Å²) < 4.78 is 7.11. The van der Waals surface area contributed by atoms with Gasteiger partial charge in [-0.15, -0.1) is 0 Å². The Bertz CT molecular complexity index is 632. The summed E-state index contributed by atoms with van der Waals surface area (Å²) >= 11 is 0. The van der Waals surface area contributed by atoms with E-state index >= 15 is 0 Å². The lowest BCUT2D eigenvalue weighted by molar-refractivity contribution is 0.0487. The van der Waals surface area contributed by atoms with Gasteiger partial charge >= 0.3 is 6.09 Å². The Kier molecular flexibility index (Phi) is 4.13. The Hall–Kier alpha value is -2.15. The molecule has 2 aromatic heterocycles. The molecule has 114 valence electrons. The number of pyridine rings is 1. The molecule has 0 unspecified atom stereocenters. The van der Waals surface area contributed by atoms with Crippen molar-refractivity contribution in [3.8, 4) is 0 Å². The molecule has 2 aromatic rings. The van der Waals surface area contributed by atoms with Crippen LogP contribution in [-0.2, 0) is 4.74 Å². The van der Waals surface area contributed by atoms with E-state index in [1.54, 1.807) is 27.9 Å². The van der Waals surface area contributed by atoms with Crippen molar-refractivity contribution >= 4 is 17.4 Å². The molecule has 0 aromatic carbocycles. The SMILES string of the molecule is CCN(C)N(C(=O)OC(C)(C)C)c1ccn2ncnc2c1. The standard InChI is InChI=1S/C14H21N5O2/c1-6-17(5)19(13(20)21-14(2,3)4)11-7-8-18-12(9-11)15-10-16-18/h7-10H,6H2,1-5H3. The van der Waals surface area contributed by atoms with Gasteiger partial charge in [-0.1, -0.05) is 6.92 Å². The van der Waals surface area contributed by atoms with E-state index in [0.29, 0.717) is 17.9 Å². The summed E-state index contributed by atoms with van der Waals surface area (Å²) in [5.41, 5.74) is 0.808.